The molecule has 0 spiro atoms. The lowest BCUT2D eigenvalue weighted by Crippen LogP contribution is -2.55. The van der Waals surface area contributed by atoms with Crippen molar-refractivity contribution in [2.45, 2.75) is 24.8 Å². The van der Waals surface area contributed by atoms with Gasteiger partial charge in [-0.1, -0.05) is 24.3 Å². The zero-order valence-electron chi connectivity index (χ0n) is 9.36. The van der Waals surface area contributed by atoms with Crippen LogP contribution >= 0.6 is 0 Å². The zero-order valence-corrected chi connectivity index (χ0v) is 9.36. The largest absolute Gasteiger partial charge is 0.479 e. The number of guanidine groups is 1. The molecular formula is C12H15N3O2. The molecule has 1 aromatic carbocycles. The van der Waals surface area contributed by atoms with Crippen LogP contribution in [0.3, 0.4) is 0 Å². The van der Waals surface area contributed by atoms with E-state index < -0.39 is 11.5 Å². The number of carboxylic acids is 1. The Morgan fingerprint density at radius 2 is 2.18 bits per heavy atom. The number of hydrogen-bond donors (Lipinski definition) is 4. The lowest BCUT2D eigenvalue weighted by molar-refractivity contribution is -0.145. The molecule has 1 aromatic rings. The van der Waals surface area contributed by atoms with Gasteiger partial charge in [0.15, 0.2) is 11.5 Å². The number of benzene rings is 1. The second-order valence-corrected chi connectivity index (χ2v) is 4.26. The molecule has 0 saturated carbocycles. The van der Waals surface area contributed by atoms with Crippen molar-refractivity contribution < 1.29 is 9.90 Å². The van der Waals surface area contributed by atoms with E-state index in [-0.39, 0.29) is 5.96 Å². The summed E-state index contributed by atoms with van der Waals surface area (Å²) in [6, 6.07) is 7.42. The van der Waals surface area contributed by atoms with Crippen molar-refractivity contribution >= 4 is 11.9 Å². The number of aliphatic carboxylic acids is 1. The highest BCUT2D eigenvalue weighted by Gasteiger charge is 2.43. The van der Waals surface area contributed by atoms with Gasteiger partial charge in [0.05, 0.1) is 0 Å². The van der Waals surface area contributed by atoms with Crippen molar-refractivity contribution in [1.82, 2.24) is 5.32 Å². The van der Waals surface area contributed by atoms with Gasteiger partial charge >= 0.3 is 5.97 Å². The van der Waals surface area contributed by atoms with Crippen LogP contribution in [0.4, 0.5) is 0 Å². The van der Waals surface area contributed by atoms with Crippen LogP contribution in [-0.2, 0) is 16.8 Å². The van der Waals surface area contributed by atoms with Crippen molar-refractivity contribution in [2.24, 2.45) is 5.73 Å². The molecule has 5 N–H and O–H groups in total. The SMILES string of the molecule is N=C(N)NC1(C(=O)O)CCCc2ccccc21. The van der Waals surface area contributed by atoms with E-state index in [1.54, 1.807) is 6.07 Å². The van der Waals surface area contributed by atoms with E-state index in [1.807, 2.05) is 18.2 Å². The van der Waals surface area contributed by atoms with Gasteiger partial charge in [-0.2, -0.15) is 0 Å². The molecule has 1 aliphatic rings. The first kappa shape index (κ1) is 11.4. The standard InChI is InChI=1S/C12H15N3O2/c13-11(14)15-12(10(16)17)7-3-5-8-4-1-2-6-9(8)12/h1-2,4,6H,3,5,7H2,(H,16,17)(H4,13,14,15). The summed E-state index contributed by atoms with van der Waals surface area (Å²) in [5, 5.41) is 19.4. The van der Waals surface area contributed by atoms with Crippen molar-refractivity contribution in [3.8, 4) is 0 Å². The summed E-state index contributed by atoms with van der Waals surface area (Å²) >= 11 is 0. The van der Waals surface area contributed by atoms with Crippen molar-refractivity contribution in [2.75, 3.05) is 0 Å². The molecule has 1 aliphatic carbocycles. The van der Waals surface area contributed by atoms with Crippen LogP contribution in [0.5, 0.6) is 0 Å². The summed E-state index contributed by atoms with van der Waals surface area (Å²) in [4.78, 5) is 11.6. The number of hydrogen-bond acceptors (Lipinski definition) is 2. The van der Waals surface area contributed by atoms with Gasteiger partial charge in [-0.3, -0.25) is 5.41 Å². The molecule has 0 heterocycles. The van der Waals surface area contributed by atoms with Gasteiger partial charge in [0.2, 0.25) is 0 Å². The Balaban J connectivity index is 2.55. The second kappa shape index (κ2) is 4.08. The second-order valence-electron chi connectivity index (χ2n) is 4.26. The number of rotatable bonds is 2. The molecule has 0 fully saturated rings. The molecule has 5 heteroatoms. The van der Waals surface area contributed by atoms with Crippen molar-refractivity contribution in [3.05, 3.63) is 35.4 Å². The quantitative estimate of drug-likeness (QED) is 0.448. The zero-order chi connectivity index (χ0) is 12.5. The van der Waals surface area contributed by atoms with Crippen LogP contribution in [-0.4, -0.2) is 17.0 Å². The molecule has 1 atom stereocenters. The molecule has 0 saturated heterocycles. The minimum absolute atomic E-state index is 0.316. The van der Waals surface area contributed by atoms with Gasteiger partial charge in [0.25, 0.3) is 0 Å². The molecule has 0 aliphatic heterocycles. The first-order valence-corrected chi connectivity index (χ1v) is 5.50. The molecule has 1 unspecified atom stereocenters. The fourth-order valence-corrected chi connectivity index (χ4v) is 2.47. The number of fused-ring (bicyclic) bond motifs is 1. The summed E-state index contributed by atoms with van der Waals surface area (Å²) < 4.78 is 0. The maximum atomic E-state index is 11.6. The Labute approximate surface area is 99.1 Å². The maximum Gasteiger partial charge on any atom is 0.334 e. The molecule has 90 valence electrons. The van der Waals surface area contributed by atoms with Gasteiger partial charge in [0.1, 0.15) is 0 Å². The molecule has 0 aromatic heterocycles. The topological polar surface area (TPSA) is 99.2 Å². The van der Waals surface area contributed by atoms with Crippen LogP contribution in [0.1, 0.15) is 24.0 Å². The Bertz CT molecular complexity index is 473. The van der Waals surface area contributed by atoms with E-state index in [0.29, 0.717) is 12.0 Å². The third kappa shape index (κ3) is 1.84. The van der Waals surface area contributed by atoms with Gasteiger partial charge < -0.3 is 16.2 Å². The highest BCUT2D eigenvalue weighted by molar-refractivity contribution is 5.88. The number of nitrogens with one attached hydrogen (secondary N) is 2. The van der Waals surface area contributed by atoms with Crippen molar-refractivity contribution in [3.63, 3.8) is 0 Å². The predicted molar refractivity (Wildman–Crippen MR) is 63.7 cm³/mol. The van der Waals surface area contributed by atoms with Gasteiger partial charge in [-0.15, -0.1) is 0 Å². The predicted octanol–water partition coefficient (Wildman–Crippen LogP) is 0.786. The van der Waals surface area contributed by atoms with Crippen LogP contribution in [0.25, 0.3) is 0 Å². The smallest absolute Gasteiger partial charge is 0.334 e. The van der Waals surface area contributed by atoms with Gasteiger partial charge in [0, 0.05) is 0 Å². The molecule has 2 rings (SSSR count). The number of aryl methyl sites for hydroxylation is 1. The van der Waals surface area contributed by atoms with E-state index in [1.165, 1.54) is 0 Å². The maximum absolute atomic E-state index is 11.6. The molecule has 0 radical (unpaired) electrons. The fraction of sp³-hybridized carbons (Fsp3) is 0.333. The lowest BCUT2D eigenvalue weighted by Gasteiger charge is -2.36. The Hall–Kier alpha value is -2.04. The van der Waals surface area contributed by atoms with E-state index in [0.717, 1.165) is 18.4 Å². The van der Waals surface area contributed by atoms with Gasteiger partial charge in [-0.25, -0.2) is 4.79 Å². The van der Waals surface area contributed by atoms with Crippen LogP contribution in [0, 0.1) is 5.41 Å². The minimum atomic E-state index is -1.25. The number of carboxylic acid groups (broad SMARTS) is 1. The molecule has 5 nitrogen and oxygen atoms in total. The molecule has 17 heavy (non-hydrogen) atoms. The third-order valence-corrected chi connectivity index (χ3v) is 3.19. The highest BCUT2D eigenvalue weighted by atomic mass is 16.4. The summed E-state index contributed by atoms with van der Waals surface area (Å²) in [5.41, 5.74) is 5.79. The van der Waals surface area contributed by atoms with E-state index >= 15 is 0 Å². The fourth-order valence-electron chi connectivity index (χ4n) is 2.47. The van der Waals surface area contributed by atoms with E-state index in [9.17, 15) is 9.90 Å². The normalized spacial score (nSPS) is 22.6. The van der Waals surface area contributed by atoms with Crippen LogP contribution in [0.15, 0.2) is 24.3 Å². The van der Waals surface area contributed by atoms with Crippen LogP contribution < -0.4 is 11.1 Å². The Morgan fingerprint density at radius 1 is 1.47 bits per heavy atom. The average Bonchev–Trinajstić information content (AvgIpc) is 2.28. The molecular weight excluding hydrogens is 218 g/mol. The summed E-state index contributed by atoms with van der Waals surface area (Å²) in [7, 11) is 0. The van der Waals surface area contributed by atoms with E-state index in [2.05, 4.69) is 5.32 Å². The lowest BCUT2D eigenvalue weighted by atomic mass is 9.76. The molecule has 0 amide bonds. The summed E-state index contributed by atoms with van der Waals surface area (Å²) in [6.07, 6.45) is 2.08. The third-order valence-electron chi connectivity index (χ3n) is 3.19. The monoisotopic (exact) mass is 233 g/mol. The van der Waals surface area contributed by atoms with E-state index in [4.69, 9.17) is 11.1 Å². The number of carbonyl (C=O) groups is 1. The number of nitrogens with two attached hydrogens (primary N) is 1. The highest BCUT2D eigenvalue weighted by Crippen LogP contribution is 2.35. The Kier molecular flexibility index (Phi) is 2.75. The molecule has 0 bridgehead atoms. The minimum Gasteiger partial charge on any atom is -0.479 e. The first-order valence-electron chi connectivity index (χ1n) is 5.50. The Morgan fingerprint density at radius 3 is 2.82 bits per heavy atom. The van der Waals surface area contributed by atoms with Crippen molar-refractivity contribution in [1.29, 1.82) is 5.41 Å². The van der Waals surface area contributed by atoms with Gasteiger partial charge in [-0.05, 0) is 30.4 Å². The van der Waals surface area contributed by atoms with Crippen LogP contribution in [0.2, 0.25) is 0 Å². The first-order chi connectivity index (χ1) is 8.06. The average molecular weight is 233 g/mol. The summed E-state index contributed by atoms with van der Waals surface area (Å²) in [6.45, 7) is 0. The summed E-state index contributed by atoms with van der Waals surface area (Å²) in [5.74, 6) is -1.30.